The average molecular weight is 445 g/mol. The molecule has 1 fully saturated rings. The van der Waals surface area contributed by atoms with Crippen LogP contribution in [0.3, 0.4) is 0 Å². The number of nitrogens with two attached hydrogens (primary N) is 1. The maximum absolute atomic E-state index is 11.7. The Hall–Kier alpha value is -0.390. The van der Waals surface area contributed by atoms with Crippen LogP contribution >= 0.6 is 35.3 Å². The third-order valence-electron chi connectivity index (χ3n) is 3.06. The lowest BCUT2D eigenvalue weighted by Crippen LogP contribution is -2.44. The molecule has 0 saturated carbocycles. The first-order chi connectivity index (χ1) is 9.53. The van der Waals surface area contributed by atoms with E-state index < -0.39 is 9.84 Å². The molecule has 1 saturated heterocycles. The van der Waals surface area contributed by atoms with Gasteiger partial charge in [-0.05, 0) is 12.1 Å². The van der Waals surface area contributed by atoms with Crippen LogP contribution in [0.2, 0.25) is 0 Å². The summed E-state index contributed by atoms with van der Waals surface area (Å²) >= 11 is 1.26. The van der Waals surface area contributed by atoms with Gasteiger partial charge in [-0.15, -0.1) is 35.3 Å². The Balaban J connectivity index is 0.00000220. The molecule has 1 aliphatic heterocycles. The van der Waals surface area contributed by atoms with Crippen LogP contribution in [0, 0.1) is 0 Å². The number of sulfone groups is 1. The number of halogens is 1. The second kappa shape index (κ2) is 8.30. The van der Waals surface area contributed by atoms with Gasteiger partial charge in [-0.1, -0.05) is 6.92 Å². The summed E-state index contributed by atoms with van der Waals surface area (Å²) < 4.78 is 29.1. The summed E-state index contributed by atoms with van der Waals surface area (Å²) in [6, 6.07) is 3.43. The van der Waals surface area contributed by atoms with Gasteiger partial charge in [0.1, 0.15) is 4.21 Å². The van der Waals surface area contributed by atoms with Crippen molar-refractivity contribution in [2.75, 3.05) is 32.1 Å². The highest BCUT2D eigenvalue weighted by Crippen LogP contribution is 2.23. The highest BCUT2D eigenvalue weighted by molar-refractivity contribution is 14.0. The molecule has 1 aromatic heterocycles. The average Bonchev–Trinajstić information content (AvgIpc) is 2.95. The van der Waals surface area contributed by atoms with Gasteiger partial charge >= 0.3 is 0 Å². The van der Waals surface area contributed by atoms with Crippen molar-refractivity contribution in [1.29, 1.82) is 0 Å². The van der Waals surface area contributed by atoms with Crippen LogP contribution in [0.25, 0.3) is 0 Å². The molecule has 120 valence electrons. The minimum absolute atomic E-state index is 0. The van der Waals surface area contributed by atoms with Gasteiger partial charge in [0.15, 0.2) is 15.8 Å². The maximum atomic E-state index is 11.7. The molecule has 21 heavy (non-hydrogen) atoms. The molecule has 1 aliphatic rings. The van der Waals surface area contributed by atoms with Crippen molar-refractivity contribution >= 4 is 51.1 Å². The molecule has 0 atom stereocenters. The number of aliphatic imine (C=N–C) groups is 1. The number of morpholine rings is 1. The Bertz CT molecular complexity index is 580. The molecular formula is C12H20IN3O3S2. The highest BCUT2D eigenvalue weighted by atomic mass is 127. The number of ether oxygens (including phenoxy) is 1. The summed E-state index contributed by atoms with van der Waals surface area (Å²) in [5, 5.41) is 0. The normalized spacial score (nSPS) is 16.6. The van der Waals surface area contributed by atoms with E-state index in [2.05, 4.69) is 4.99 Å². The van der Waals surface area contributed by atoms with E-state index in [4.69, 9.17) is 10.5 Å². The van der Waals surface area contributed by atoms with Gasteiger partial charge in [0, 0.05) is 18.0 Å². The van der Waals surface area contributed by atoms with Gasteiger partial charge in [-0.2, -0.15) is 0 Å². The Morgan fingerprint density at radius 3 is 2.71 bits per heavy atom. The molecule has 1 aromatic rings. The van der Waals surface area contributed by atoms with Crippen molar-refractivity contribution in [3.63, 3.8) is 0 Å². The van der Waals surface area contributed by atoms with E-state index in [1.54, 1.807) is 19.1 Å². The van der Waals surface area contributed by atoms with E-state index >= 15 is 0 Å². The fourth-order valence-corrected chi connectivity index (χ4v) is 4.21. The molecule has 0 unspecified atom stereocenters. The predicted molar refractivity (Wildman–Crippen MR) is 95.2 cm³/mol. The number of rotatable bonds is 4. The molecule has 0 aliphatic carbocycles. The first-order valence-electron chi connectivity index (χ1n) is 6.47. The van der Waals surface area contributed by atoms with E-state index in [0.717, 1.165) is 18.0 Å². The fourth-order valence-electron chi connectivity index (χ4n) is 1.80. The largest absolute Gasteiger partial charge is 0.378 e. The Kier molecular flexibility index (Phi) is 7.37. The van der Waals surface area contributed by atoms with Crippen molar-refractivity contribution in [3.05, 3.63) is 17.0 Å². The van der Waals surface area contributed by atoms with Crippen molar-refractivity contribution < 1.29 is 13.2 Å². The summed E-state index contributed by atoms with van der Waals surface area (Å²) in [6.45, 7) is 4.86. The van der Waals surface area contributed by atoms with Crippen molar-refractivity contribution in [2.24, 2.45) is 10.7 Å². The van der Waals surface area contributed by atoms with Crippen molar-refractivity contribution in [1.82, 2.24) is 4.90 Å². The molecule has 2 N–H and O–H groups in total. The molecule has 2 rings (SSSR count). The molecule has 9 heteroatoms. The van der Waals surface area contributed by atoms with Gasteiger partial charge in [0.25, 0.3) is 0 Å². The number of nitrogens with zero attached hydrogens (tertiary/aromatic N) is 2. The molecule has 0 amide bonds. The third-order valence-corrected chi connectivity index (χ3v) is 6.44. The zero-order chi connectivity index (χ0) is 14.6. The first-order valence-corrected chi connectivity index (χ1v) is 8.94. The van der Waals surface area contributed by atoms with E-state index in [1.807, 2.05) is 4.90 Å². The van der Waals surface area contributed by atoms with Gasteiger partial charge < -0.3 is 15.4 Å². The van der Waals surface area contributed by atoms with Gasteiger partial charge in [0.2, 0.25) is 0 Å². The summed E-state index contributed by atoms with van der Waals surface area (Å²) in [7, 11) is -3.12. The van der Waals surface area contributed by atoms with Crippen LogP contribution in [0.5, 0.6) is 0 Å². The van der Waals surface area contributed by atoms with Crippen LogP contribution < -0.4 is 5.73 Å². The fraction of sp³-hybridized carbons (Fsp3) is 0.583. The van der Waals surface area contributed by atoms with E-state index in [0.29, 0.717) is 29.9 Å². The molecule has 0 bridgehead atoms. The zero-order valence-corrected chi connectivity index (χ0v) is 15.8. The van der Waals surface area contributed by atoms with E-state index in [-0.39, 0.29) is 29.7 Å². The SMILES string of the molecule is CCS(=O)(=O)c1ccc(CN=C(N)N2CCOCC2)s1.I. The molecule has 2 heterocycles. The van der Waals surface area contributed by atoms with Gasteiger partial charge in [0.05, 0.1) is 25.5 Å². The lowest BCUT2D eigenvalue weighted by Gasteiger charge is -2.27. The monoisotopic (exact) mass is 445 g/mol. The number of guanidine groups is 1. The first kappa shape index (κ1) is 18.7. The quantitative estimate of drug-likeness (QED) is 0.429. The van der Waals surface area contributed by atoms with Crippen molar-refractivity contribution in [2.45, 2.75) is 17.7 Å². The highest BCUT2D eigenvalue weighted by Gasteiger charge is 2.15. The molecule has 0 spiro atoms. The van der Waals surface area contributed by atoms with E-state index in [1.165, 1.54) is 11.3 Å². The Morgan fingerprint density at radius 1 is 1.43 bits per heavy atom. The smallest absolute Gasteiger partial charge is 0.191 e. The van der Waals surface area contributed by atoms with Crippen molar-refractivity contribution in [3.8, 4) is 0 Å². The summed E-state index contributed by atoms with van der Waals surface area (Å²) in [5.74, 6) is 0.605. The van der Waals surface area contributed by atoms with Crippen LogP contribution in [0.1, 0.15) is 11.8 Å². The molecule has 0 aromatic carbocycles. The topological polar surface area (TPSA) is 85.0 Å². The van der Waals surface area contributed by atoms with E-state index in [9.17, 15) is 8.42 Å². The number of hydrogen-bond acceptors (Lipinski definition) is 5. The molecule has 0 radical (unpaired) electrons. The van der Waals surface area contributed by atoms with Crippen LogP contribution in [0.4, 0.5) is 0 Å². The minimum Gasteiger partial charge on any atom is -0.378 e. The lowest BCUT2D eigenvalue weighted by molar-refractivity contribution is 0.0674. The van der Waals surface area contributed by atoms with Crippen LogP contribution in [-0.4, -0.2) is 51.3 Å². The molecular weight excluding hydrogens is 425 g/mol. The van der Waals surface area contributed by atoms with Crippen LogP contribution in [0.15, 0.2) is 21.3 Å². The Morgan fingerprint density at radius 2 is 2.10 bits per heavy atom. The predicted octanol–water partition coefficient (Wildman–Crippen LogP) is 1.31. The summed E-state index contributed by atoms with van der Waals surface area (Å²) in [5.41, 5.74) is 5.92. The second-order valence-corrected chi connectivity index (χ2v) is 8.07. The lowest BCUT2D eigenvalue weighted by atomic mass is 10.4. The zero-order valence-electron chi connectivity index (χ0n) is 11.8. The standard InChI is InChI=1S/C12H19N3O3S2.HI/c1-2-20(16,17)11-4-3-10(19-11)9-14-12(13)15-5-7-18-8-6-15;/h3-4H,2,5-9H2,1H3,(H2,13,14);1H. The summed E-state index contributed by atoms with van der Waals surface area (Å²) in [4.78, 5) is 7.19. The summed E-state index contributed by atoms with van der Waals surface area (Å²) in [6.07, 6.45) is 0. The minimum atomic E-state index is -3.12. The number of hydrogen-bond donors (Lipinski definition) is 1. The number of thiophene rings is 1. The third kappa shape index (κ3) is 5.08. The maximum Gasteiger partial charge on any atom is 0.191 e. The van der Waals surface area contributed by atoms with Gasteiger partial charge in [-0.25, -0.2) is 13.4 Å². The molecule has 6 nitrogen and oxygen atoms in total. The Labute approximate surface area is 146 Å². The van der Waals surface area contributed by atoms with Crippen LogP contribution in [-0.2, 0) is 21.1 Å². The second-order valence-electron chi connectivity index (χ2n) is 4.40. The van der Waals surface area contributed by atoms with Gasteiger partial charge in [-0.3, -0.25) is 0 Å².